The number of H-pyrrole nitrogens is 1. The van der Waals surface area contributed by atoms with Gasteiger partial charge >= 0.3 is 0 Å². The molecule has 7 nitrogen and oxygen atoms in total. The Balaban J connectivity index is 1.64. The number of rotatable bonds is 6. The molecule has 2 N–H and O–H groups in total. The molecule has 3 aromatic rings. The number of carbonyl (C=O) groups is 1. The molecule has 1 atom stereocenters. The lowest BCUT2D eigenvalue weighted by molar-refractivity contribution is 0.0724. The number of nitrogens with one attached hydrogen (secondary N) is 2. The van der Waals surface area contributed by atoms with Crippen LogP contribution in [0.25, 0.3) is 0 Å². The van der Waals surface area contributed by atoms with Crippen LogP contribution in [0.2, 0.25) is 0 Å². The molecule has 1 saturated heterocycles. The molecular weight excluding hydrogens is 412 g/mol. The van der Waals surface area contributed by atoms with Crippen molar-refractivity contribution in [3.8, 4) is 0 Å². The molecule has 1 unspecified atom stereocenters. The third kappa shape index (κ3) is 3.95. The highest BCUT2D eigenvalue weighted by Gasteiger charge is 2.44. The van der Waals surface area contributed by atoms with E-state index < -0.39 is 5.41 Å². The molecule has 1 aliphatic heterocycles. The summed E-state index contributed by atoms with van der Waals surface area (Å²) in [6.07, 6.45) is 6.02. The maximum Gasteiger partial charge on any atom is 0.253 e. The minimum atomic E-state index is -0.524. The maximum atomic E-state index is 13.3. The van der Waals surface area contributed by atoms with E-state index in [9.17, 15) is 4.79 Å². The van der Waals surface area contributed by atoms with Crippen LogP contribution in [0.4, 0.5) is 0 Å². The zero-order valence-corrected chi connectivity index (χ0v) is 19.3. The summed E-state index contributed by atoms with van der Waals surface area (Å²) in [4.78, 5) is 15.3. The number of aromatic nitrogens is 4. The Kier molecular flexibility index (Phi) is 6.22. The summed E-state index contributed by atoms with van der Waals surface area (Å²) in [6.45, 7) is 5.57. The van der Waals surface area contributed by atoms with Crippen molar-refractivity contribution < 1.29 is 4.79 Å². The molecule has 2 aromatic carbocycles. The number of fused-ring (bicyclic) bond motifs is 2. The van der Waals surface area contributed by atoms with Crippen molar-refractivity contribution in [2.45, 2.75) is 50.9 Å². The number of hydrogen-bond donors (Lipinski definition) is 2. The Bertz CT molecular complexity index is 1110. The predicted octanol–water partition coefficient (Wildman–Crippen LogP) is 3.26. The Morgan fingerprint density at radius 2 is 1.85 bits per heavy atom. The van der Waals surface area contributed by atoms with Gasteiger partial charge in [-0.1, -0.05) is 42.5 Å². The number of tetrazole rings is 1. The van der Waals surface area contributed by atoms with E-state index in [1.165, 1.54) is 28.7 Å². The summed E-state index contributed by atoms with van der Waals surface area (Å²) in [5, 5.41) is 19.1. The van der Waals surface area contributed by atoms with Gasteiger partial charge in [0.15, 0.2) is 5.82 Å². The van der Waals surface area contributed by atoms with E-state index in [0.717, 1.165) is 63.8 Å². The van der Waals surface area contributed by atoms with Gasteiger partial charge in [0.1, 0.15) is 0 Å². The van der Waals surface area contributed by atoms with E-state index in [-0.39, 0.29) is 5.91 Å². The van der Waals surface area contributed by atoms with E-state index in [1.54, 1.807) is 0 Å². The van der Waals surface area contributed by atoms with Crippen molar-refractivity contribution in [1.82, 2.24) is 30.8 Å². The van der Waals surface area contributed by atoms with Gasteiger partial charge in [-0.2, -0.15) is 5.21 Å². The lowest BCUT2D eigenvalue weighted by atomic mass is 9.69. The van der Waals surface area contributed by atoms with Crippen LogP contribution in [0.1, 0.15) is 71.0 Å². The van der Waals surface area contributed by atoms with Gasteiger partial charge in [0.25, 0.3) is 5.91 Å². The summed E-state index contributed by atoms with van der Waals surface area (Å²) in [5.74, 6) is 0.836. The number of hydrogen-bond acceptors (Lipinski definition) is 5. The summed E-state index contributed by atoms with van der Waals surface area (Å²) >= 11 is 0. The first kappa shape index (κ1) is 21.8. The lowest BCUT2D eigenvalue weighted by Gasteiger charge is -2.34. The topological polar surface area (TPSA) is 86.8 Å². The molecule has 0 bridgehead atoms. The van der Waals surface area contributed by atoms with E-state index in [1.807, 2.05) is 11.0 Å². The second-order valence-electron chi connectivity index (χ2n) is 9.13. The second-order valence-corrected chi connectivity index (χ2v) is 9.13. The average Bonchev–Trinajstić information content (AvgIpc) is 3.37. The van der Waals surface area contributed by atoms with Crippen LogP contribution in [0.5, 0.6) is 0 Å². The highest BCUT2D eigenvalue weighted by atomic mass is 16.2. The van der Waals surface area contributed by atoms with Crippen LogP contribution >= 0.6 is 0 Å². The highest BCUT2D eigenvalue weighted by Crippen LogP contribution is 2.45. The van der Waals surface area contributed by atoms with Gasteiger partial charge in [0, 0.05) is 18.7 Å². The van der Waals surface area contributed by atoms with E-state index >= 15 is 0 Å². The van der Waals surface area contributed by atoms with Gasteiger partial charge in [0.2, 0.25) is 0 Å². The Morgan fingerprint density at radius 3 is 2.64 bits per heavy atom. The van der Waals surface area contributed by atoms with Gasteiger partial charge in [-0.15, -0.1) is 10.2 Å². The highest BCUT2D eigenvalue weighted by molar-refractivity contribution is 5.94. The van der Waals surface area contributed by atoms with Crippen molar-refractivity contribution in [2.24, 2.45) is 0 Å². The zero-order chi connectivity index (χ0) is 22.7. The molecule has 33 heavy (non-hydrogen) atoms. The lowest BCUT2D eigenvalue weighted by Crippen LogP contribution is -2.37. The smallest absolute Gasteiger partial charge is 0.253 e. The van der Waals surface area contributed by atoms with Crippen LogP contribution < -0.4 is 5.32 Å². The molecule has 1 aromatic heterocycles. The Hall–Kier alpha value is -3.06. The largest absolute Gasteiger partial charge is 0.339 e. The third-order valence-corrected chi connectivity index (χ3v) is 7.25. The van der Waals surface area contributed by atoms with Crippen molar-refractivity contribution in [3.63, 3.8) is 0 Å². The first-order chi connectivity index (χ1) is 16.2. The summed E-state index contributed by atoms with van der Waals surface area (Å²) in [5.41, 5.74) is 5.19. The molecule has 1 aliphatic carbocycles. The SMILES string of the molecule is CCNCCC1(c2nn[nH]n2)c2ccccc2CCc2cc(C(=O)N3CCCCC3)ccc21. The van der Waals surface area contributed by atoms with E-state index in [2.05, 4.69) is 69.3 Å². The summed E-state index contributed by atoms with van der Waals surface area (Å²) in [6, 6.07) is 14.9. The molecule has 1 fully saturated rings. The molecule has 0 spiro atoms. The Morgan fingerprint density at radius 1 is 1.06 bits per heavy atom. The van der Waals surface area contributed by atoms with Crippen molar-refractivity contribution in [2.75, 3.05) is 26.2 Å². The van der Waals surface area contributed by atoms with Gasteiger partial charge in [0.05, 0.1) is 5.41 Å². The third-order valence-electron chi connectivity index (χ3n) is 7.25. The first-order valence-corrected chi connectivity index (χ1v) is 12.2. The summed E-state index contributed by atoms with van der Waals surface area (Å²) < 4.78 is 0. The molecule has 5 rings (SSSR count). The molecule has 1 amide bonds. The van der Waals surface area contributed by atoms with Gasteiger partial charge < -0.3 is 10.2 Å². The quantitative estimate of drug-likeness (QED) is 0.570. The van der Waals surface area contributed by atoms with Gasteiger partial charge in [-0.05, 0) is 86.0 Å². The molecule has 2 heterocycles. The second kappa shape index (κ2) is 9.43. The summed E-state index contributed by atoms with van der Waals surface area (Å²) in [7, 11) is 0. The van der Waals surface area contributed by atoms with E-state index in [0.29, 0.717) is 5.82 Å². The van der Waals surface area contributed by atoms with Gasteiger partial charge in [-0.25, -0.2) is 0 Å². The van der Waals surface area contributed by atoms with E-state index in [4.69, 9.17) is 0 Å². The van der Waals surface area contributed by atoms with Crippen LogP contribution in [0.3, 0.4) is 0 Å². The molecule has 172 valence electrons. The number of amides is 1. The number of aromatic amines is 1. The normalized spacial score (nSPS) is 20.1. The van der Waals surface area contributed by atoms with Crippen LogP contribution in [0, 0.1) is 0 Å². The number of benzene rings is 2. The zero-order valence-electron chi connectivity index (χ0n) is 19.3. The maximum absolute atomic E-state index is 13.3. The number of piperidine rings is 1. The predicted molar refractivity (Wildman–Crippen MR) is 127 cm³/mol. The number of aryl methyl sites for hydroxylation is 2. The standard InChI is InChI=1S/C26H32N6O/c1-2-27-15-14-26(25-28-30-31-29-25)22-9-5-4-8-19(22)10-11-20-18-21(12-13-23(20)26)24(33)32-16-6-3-7-17-32/h4-5,8-9,12-13,18,27H,2-3,6-7,10-11,14-17H2,1H3,(H,28,29,30,31). The monoisotopic (exact) mass is 444 g/mol. The first-order valence-electron chi connectivity index (χ1n) is 12.2. The fraction of sp³-hybridized carbons (Fsp3) is 0.462. The van der Waals surface area contributed by atoms with Crippen LogP contribution in [0.15, 0.2) is 42.5 Å². The van der Waals surface area contributed by atoms with Crippen molar-refractivity contribution in [3.05, 3.63) is 76.1 Å². The molecule has 7 heteroatoms. The molecule has 0 radical (unpaired) electrons. The number of likely N-dealkylation sites (tertiary alicyclic amines) is 1. The minimum Gasteiger partial charge on any atom is -0.339 e. The Labute approximate surface area is 195 Å². The van der Waals surface area contributed by atoms with Crippen molar-refractivity contribution >= 4 is 5.91 Å². The molecular formula is C26H32N6O. The minimum absolute atomic E-state index is 0.150. The fourth-order valence-corrected chi connectivity index (χ4v) is 5.62. The van der Waals surface area contributed by atoms with Gasteiger partial charge in [-0.3, -0.25) is 4.79 Å². The number of carbonyl (C=O) groups excluding carboxylic acids is 1. The van der Waals surface area contributed by atoms with Crippen LogP contribution in [-0.4, -0.2) is 57.6 Å². The molecule has 0 saturated carbocycles. The number of nitrogens with zero attached hydrogens (tertiary/aromatic N) is 4. The van der Waals surface area contributed by atoms with Crippen LogP contribution in [-0.2, 0) is 18.3 Å². The molecule has 2 aliphatic rings. The van der Waals surface area contributed by atoms with Crippen molar-refractivity contribution in [1.29, 1.82) is 0 Å². The average molecular weight is 445 g/mol. The fourth-order valence-electron chi connectivity index (χ4n) is 5.62.